The van der Waals surface area contributed by atoms with Crippen LogP contribution in [0.3, 0.4) is 0 Å². The van der Waals surface area contributed by atoms with Crippen LogP contribution in [-0.2, 0) is 4.79 Å². The van der Waals surface area contributed by atoms with Crippen molar-refractivity contribution in [1.29, 1.82) is 0 Å². The lowest BCUT2D eigenvalue weighted by atomic mass is 10.1. The van der Waals surface area contributed by atoms with Crippen LogP contribution in [0.2, 0.25) is 5.02 Å². The summed E-state index contributed by atoms with van der Waals surface area (Å²) in [6.45, 7) is 1.12. The number of benzene rings is 1. The van der Waals surface area contributed by atoms with E-state index in [1.807, 2.05) is 0 Å². The maximum Gasteiger partial charge on any atom is 0.356 e. The van der Waals surface area contributed by atoms with Gasteiger partial charge in [0, 0.05) is 12.5 Å². The van der Waals surface area contributed by atoms with Crippen LogP contribution in [0.1, 0.15) is 17.4 Å². The van der Waals surface area contributed by atoms with Gasteiger partial charge in [0.2, 0.25) is 18.4 Å². The molecule has 1 aromatic heterocycles. The Morgan fingerprint density at radius 1 is 1.38 bits per heavy atom. The molecular weight excluding hydrogens is 343 g/mol. The molecule has 124 valence electrons. The van der Waals surface area contributed by atoms with Crippen molar-refractivity contribution in [1.82, 2.24) is 4.98 Å². The molecule has 0 saturated heterocycles. The molecule has 1 aliphatic rings. The molecule has 9 heteroatoms. The van der Waals surface area contributed by atoms with Gasteiger partial charge in [-0.25, -0.2) is 14.2 Å². The number of carboxylic acid groups (broad SMARTS) is 1. The van der Waals surface area contributed by atoms with E-state index in [1.165, 1.54) is 25.1 Å². The third kappa shape index (κ3) is 2.71. The van der Waals surface area contributed by atoms with Gasteiger partial charge in [0.1, 0.15) is 0 Å². The van der Waals surface area contributed by atoms with Crippen LogP contribution < -0.4 is 14.8 Å². The maximum atomic E-state index is 14.6. The molecule has 3 rings (SSSR count). The summed E-state index contributed by atoms with van der Waals surface area (Å²) in [6.07, 6.45) is 0. The fraction of sp³-hybridized carbons (Fsp3) is 0.133. The third-order valence-electron chi connectivity index (χ3n) is 3.23. The zero-order valence-electron chi connectivity index (χ0n) is 12.2. The van der Waals surface area contributed by atoms with Gasteiger partial charge in [-0.1, -0.05) is 11.6 Å². The zero-order valence-corrected chi connectivity index (χ0v) is 13.0. The van der Waals surface area contributed by atoms with Gasteiger partial charge in [0.25, 0.3) is 0 Å². The van der Waals surface area contributed by atoms with E-state index in [9.17, 15) is 19.1 Å². The lowest BCUT2D eigenvalue weighted by Gasteiger charge is -2.11. The lowest BCUT2D eigenvalue weighted by Crippen LogP contribution is -2.11. The summed E-state index contributed by atoms with van der Waals surface area (Å²) >= 11 is 5.94. The van der Waals surface area contributed by atoms with Crippen LogP contribution in [0.15, 0.2) is 18.2 Å². The SMILES string of the molecule is CC(=O)Nc1cc(-c2ccc3c(c2F)OCO3)nc(C(=O)O)c1Cl. The molecule has 0 unspecified atom stereocenters. The average Bonchev–Trinajstić information content (AvgIpc) is 2.98. The summed E-state index contributed by atoms with van der Waals surface area (Å²) in [5.41, 5.74) is -0.514. The average molecular weight is 353 g/mol. The van der Waals surface area contributed by atoms with E-state index in [1.54, 1.807) is 0 Å². The van der Waals surface area contributed by atoms with Crippen molar-refractivity contribution in [2.24, 2.45) is 0 Å². The Kier molecular flexibility index (Phi) is 3.98. The summed E-state index contributed by atoms with van der Waals surface area (Å²) in [5, 5.41) is 11.4. The highest BCUT2D eigenvalue weighted by atomic mass is 35.5. The van der Waals surface area contributed by atoms with Crippen LogP contribution in [0.5, 0.6) is 11.5 Å². The lowest BCUT2D eigenvalue weighted by molar-refractivity contribution is -0.114. The van der Waals surface area contributed by atoms with Gasteiger partial charge in [-0.2, -0.15) is 0 Å². The highest BCUT2D eigenvalue weighted by Gasteiger charge is 2.24. The number of nitrogens with zero attached hydrogens (tertiary/aromatic N) is 1. The van der Waals surface area contributed by atoms with Gasteiger partial charge in [-0.3, -0.25) is 4.79 Å². The van der Waals surface area contributed by atoms with E-state index in [-0.39, 0.29) is 40.3 Å². The number of carboxylic acids is 1. The first-order chi connectivity index (χ1) is 11.4. The fourth-order valence-electron chi connectivity index (χ4n) is 2.23. The maximum absolute atomic E-state index is 14.6. The number of hydrogen-bond donors (Lipinski definition) is 2. The number of pyridine rings is 1. The molecule has 1 amide bonds. The number of aromatic carboxylic acids is 1. The summed E-state index contributed by atoms with van der Waals surface area (Å²) < 4.78 is 24.7. The van der Waals surface area contributed by atoms with Crippen molar-refractivity contribution < 1.29 is 28.6 Å². The van der Waals surface area contributed by atoms with Crippen LogP contribution in [0.4, 0.5) is 10.1 Å². The molecule has 7 nitrogen and oxygen atoms in total. The number of nitrogens with one attached hydrogen (secondary N) is 1. The smallest absolute Gasteiger partial charge is 0.356 e. The van der Waals surface area contributed by atoms with E-state index in [4.69, 9.17) is 21.1 Å². The highest BCUT2D eigenvalue weighted by molar-refractivity contribution is 6.36. The number of halogens is 2. The monoisotopic (exact) mass is 352 g/mol. The second-order valence-corrected chi connectivity index (χ2v) is 5.24. The minimum absolute atomic E-state index is 0.00924. The van der Waals surface area contributed by atoms with Gasteiger partial charge < -0.3 is 19.9 Å². The first kappa shape index (κ1) is 16.0. The first-order valence-electron chi connectivity index (χ1n) is 6.68. The van der Waals surface area contributed by atoms with Crippen LogP contribution in [-0.4, -0.2) is 28.8 Å². The highest BCUT2D eigenvalue weighted by Crippen LogP contribution is 2.40. The van der Waals surface area contributed by atoms with Gasteiger partial charge in [-0.15, -0.1) is 0 Å². The minimum Gasteiger partial charge on any atom is -0.476 e. The number of aromatic nitrogens is 1. The molecular formula is C15H10ClFN2O5. The Hall–Kier alpha value is -2.87. The molecule has 0 saturated carbocycles. The number of fused-ring (bicyclic) bond motifs is 1. The van der Waals surface area contributed by atoms with Crippen molar-refractivity contribution in [2.45, 2.75) is 6.92 Å². The molecule has 0 aliphatic carbocycles. The predicted molar refractivity (Wildman–Crippen MR) is 82.0 cm³/mol. The normalized spacial score (nSPS) is 12.1. The molecule has 0 bridgehead atoms. The minimum atomic E-state index is -1.41. The number of carbonyl (C=O) groups is 2. The number of ether oxygens (including phenoxy) is 2. The molecule has 0 radical (unpaired) electrons. The molecule has 0 spiro atoms. The Balaban J connectivity index is 2.19. The quantitative estimate of drug-likeness (QED) is 0.881. The predicted octanol–water partition coefficient (Wildman–Crippen LogP) is 2.93. The standard InChI is InChI=1S/C15H10ClFN2O5/c1-6(20)18-9-4-8(19-13(11(9)16)15(21)22)7-2-3-10-14(12(7)17)24-5-23-10/h2-4H,5H2,1H3,(H,21,22)(H,18,19,20). The van der Waals surface area contributed by atoms with E-state index in [0.717, 1.165) is 0 Å². The molecule has 2 N–H and O–H groups in total. The van der Waals surface area contributed by atoms with E-state index >= 15 is 0 Å². The zero-order chi connectivity index (χ0) is 17.4. The van der Waals surface area contributed by atoms with Gasteiger partial charge in [0.05, 0.1) is 16.4 Å². The topological polar surface area (TPSA) is 97.8 Å². The Morgan fingerprint density at radius 3 is 2.79 bits per heavy atom. The second-order valence-electron chi connectivity index (χ2n) is 4.86. The Morgan fingerprint density at radius 2 is 2.12 bits per heavy atom. The van der Waals surface area contributed by atoms with Crippen LogP contribution >= 0.6 is 11.6 Å². The van der Waals surface area contributed by atoms with E-state index in [0.29, 0.717) is 0 Å². The first-order valence-corrected chi connectivity index (χ1v) is 7.06. The van der Waals surface area contributed by atoms with Crippen molar-refractivity contribution in [2.75, 3.05) is 12.1 Å². The third-order valence-corrected chi connectivity index (χ3v) is 3.61. The van der Waals surface area contributed by atoms with Gasteiger partial charge in [0.15, 0.2) is 17.3 Å². The van der Waals surface area contributed by atoms with Gasteiger partial charge in [-0.05, 0) is 18.2 Å². The van der Waals surface area contributed by atoms with Crippen molar-refractivity contribution in [3.8, 4) is 22.8 Å². The second kappa shape index (κ2) is 5.97. The van der Waals surface area contributed by atoms with Crippen molar-refractivity contribution in [3.63, 3.8) is 0 Å². The summed E-state index contributed by atoms with van der Waals surface area (Å²) in [7, 11) is 0. The fourth-order valence-corrected chi connectivity index (χ4v) is 2.45. The molecule has 1 aliphatic heterocycles. The molecule has 0 atom stereocenters. The summed E-state index contributed by atoms with van der Waals surface area (Å²) in [6, 6.07) is 4.15. The van der Waals surface area contributed by atoms with Gasteiger partial charge >= 0.3 is 5.97 Å². The van der Waals surface area contributed by atoms with E-state index < -0.39 is 23.4 Å². The number of rotatable bonds is 3. The molecule has 24 heavy (non-hydrogen) atoms. The molecule has 2 heterocycles. The van der Waals surface area contributed by atoms with Crippen molar-refractivity contribution in [3.05, 3.63) is 34.7 Å². The summed E-state index contributed by atoms with van der Waals surface area (Å²) in [4.78, 5) is 26.5. The Bertz CT molecular complexity index is 871. The van der Waals surface area contributed by atoms with Crippen molar-refractivity contribution >= 4 is 29.2 Å². The molecule has 1 aromatic carbocycles. The number of amides is 1. The molecule has 2 aromatic rings. The number of anilines is 1. The molecule has 0 fully saturated rings. The number of hydrogen-bond acceptors (Lipinski definition) is 5. The van der Waals surface area contributed by atoms with Crippen LogP contribution in [0.25, 0.3) is 11.3 Å². The summed E-state index contributed by atoms with van der Waals surface area (Å²) in [5.74, 6) is -2.45. The largest absolute Gasteiger partial charge is 0.476 e. The van der Waals surface area contributed by atoms with Crippen LogP contribution in [0, 0.1) is 5.82 Å². The van der Waals surface area contributed by atoms with E-state index in [2.05, 4.69) is 10.3 Å². The Labute approximate surface area is 140 Å². The number of carbonyl (C=O) groups excluding carboxylic acids is 1.